The van der Waals surface area contributed by atoms with Gasteiger partial charge in [0.2, 0.25) is 0 Å². The van der Waals surface area contributed by atoms with E-state index in [1.807, 2.05) is 0 Å². The predicted octanol–water partition coefficient (Wildman–Crippen LogP) is 3.73. The van der Waals surface area contributed by atoms with Gasteiger partial charge in [-0.15, -0.1) is 0 Å². The number of halogens is 3. The van der Waals surface area contributed by atoms with Crippen molar-refractivity contribution in [3.63, 3.8) is 0 Å². The lowest BCUT2D eigenvalue weighted by atomic mass is 10.3. The highest BCUT2D eigenvalue weighted by atomic mass is 79.9. The third-order valence-electron chi connectivity index (χ3n) is 2.48. The first kappa shape index (κ1) is 15.3. The van der Waals surface area contributed by atoms with Crippen LogP contribution in [0.4, 0.5) is 15.8 Å². The van der Waals surface area contributed by atoms with Crippen molar-refractivity contribution in [3.05, 3.63) is 51.2 Å². The zero-order valence-electron chi connectivity index (χ0n) is 9.90. The van der Waals surface area contributed by atoms with Crippen LogP contribution >= 0.6 is 31.9 Å². The van der Waals surface area contributed by atoms with Crippen LogP contribution in [0.15, 0.2) is 50.2 Å². The maximum absolute atomic E-state index is 13.3. The van der Waals surface area contributed by atoms with Gasteiger partial charge in [0.25, 0.3) is 10.0 Å². The quantitative estimate of drug-likeness (QED) is 0.738. The van der Waals surface area contributed by atoms with Crippen molar-refractivity contribution in [1.29, 1.82) is 0 Å². The summed E-state index contributed by atoms with van der Waals surface area (Å²) >= 11 is 6.51. The second-order valence-electron chi connectivity index (χ2n) is 3.88. The highest BCUT2D eigenvalue weighted by Gasteiger charge is 2.20. The Hall–Kier alpha value is -1.12. The SMILES string of the molecule is Nc1c(F)cccc1S(=O)(=O)Nc1ccc(Br)cc1Br. The molecule has 0 amide bonds. The molecule has 20 heavy (non-hydrogen) atoms. The first-order chi connectivity index (χ1) is 9.31. The van der Waals surface area contributed by atoms with Crippen molar-refractivity contribution in [2.75, 3.05) is 10.5 Å². The van der Waals surface area contributed by atoms with Crippen LogP contribution in [0.2, 0.25) is 0 Å². The van der Waals surface area contributed by atoms with Crippen molar-refractivity contribution in [1.82, 2.24) is 0 Å². The van der Waals surface area contributed by atoms with E-state index >= 15 is 0 Å². The predicted molar refractivity (Wildman–Crippen MR) is 83.5 cm³/mol. The average Bonchev–Trinajstić information content (AvgIpc) is 2.36. The maximum Gasteiger partial charge on any atom is 0.264 e. The van der Waals surface area contributed by atoms with Crippen molar-refractivity contribution < 1.29 is 12.8 Å². The molecule has 0 heterocycles. The molecule has 0 bridgehead atoms. The van der Waals surface area contributed by atoms with Crippen LogP contribution in [0.1, 0.15) is 0 Å². The second kappa shape index (κ2) is 5.71. The maximum atomic E-state index is 13.3. The fraction of sp³-hybridized carbons (Fsp3) is 0. The van der Waals surface area contributed by atoms with E-state index in [2.05, 4.69) is 36.6 Å². The highest BCUT2D eigenvalue weighted by molar-refractivity contribution is 9.11. The molecule has 4 nitrogen and oxygen atoms in total. The first-order valence-electron chi connectivity index (χ1n) is 5.33. The van der Waals surface area contributed by atoms with E-state index in [0.29, 0.717) is 10.2 Å². The van der Waals surface area contributed by atoms with E-state index in [-0.39, 0.29) is 4.90 Å². The minimum absolute atomic E-state index is 0.299. The molecule has 0 saturated heterocycles. The molecular formula is C12H9Br2FN2O2S. The molecule has 0 spiro atoms. The van der Waals surface area contributed by atoms with Gasteiger partial charge in [-0.2, -0.15) is 0 Å². The molecule has 2 rings (SSSR count). The highest BCUT2D eigenvalue weighted by Crippen LogP contribution is 2.29. The van der Waals surface area contributed by atoms with Gasteiger partial charge in [-0.05, 0) is 46.3 Å². The molecule has 2 aromatic carbocycles. The summed E-state index contributed by atoms with van der Waals surface area (Å²) in [4.78, 5) is -0.299. The summed E-state index contributed by atoms with van der Waals surface area (Å²) in [6.07, 6.45) is 0. The Balaban J connectivity index is 2.44. The van der Waals surface area contributed by atoms with Gasteiger partial charge < -0.3 is 5.73 Å². The monoisotopic (exact) mass is 422 g/mol. The summed E-state index contributed by atoms with van der Waals surface area (Å²) in [5.41, 5.74) is 5.39. The van der Waals surface area contributed by atoms with Gasteiger partial charge in [0.15, 0.2) is 0 Å². The van der Waals surface area contributed by atoms with Crippen LogP contribution in [0.3, 0.4) is 0 Å². The van der Waals surface area contributed by atoms with E-state index in [9.17, 15) is 12.8 Å². The first-order valence-corrected chi connectivity index (χ1v) is 8.40. The zero-order chi connectivity index (χ0) is 14.9. The molecule has 8 heteroatoms. The van der Waals surface area contributed by atoms with Crippen LogP contribution < -0.4 is 10.5 Å². The van der Waals surface area contributed by atoms with Gasteiger partial charge in [0.1, 0.15) is 10.7 Å². The lowest BCUT2D eigenvalue weighted by Gasteiger charge is -2.12. The van der Waals surface area contributed by atoms with Crippen LogP contribution in [-0.2, 0) is 10.0 Å². The second-order valence-corrected chi connectivity index (χ2v) is 7.30. The number of hydrogen-bond acceptors (Lipinski definition) is 3. The van der Waals surface area contributed by atoms with Crippen LogP contribution in [0.25, 0.3) is 0 Å². The minimum Gasteiger partial charge on any atom is -0.395 e. The topological polar surface area (TPSA) is 72.2 Å². The molecule has 0 aliphatic heterocycles. The number of nitrogens with one attached hydrogen (secondary N) is 1. The van der Waals surface area contributed by atoms with Gasteiger partial charge in [-0.1, -0.05) is 22.0 Å². The Morgan fingerprint density at radius 1 is 1.15 bits per heavy atom. The summed E-state index contributed by atoms with van der Waals surface area (Å²) < 4.78 is 41.5. The molecule has 0 aliphatic rings. The van der Waals surface area contributed by atoms with E-state index < -0.39 is 21.5 Å². The van der Waals surface area contributed by atoms with Gasteiger partial charge in [-0.3, -0.25) is 4.72 Å². The van der Waals surface area contributed by atoms with Crippen LogP contribution in [-0.4, -0.2) is 8.42 Å². The molecule has 106 valence electrons. The standard InChI is InChI=1S/C12H9Br2FN2O2S/c13-7-4-5-10(8(14)6-7)17-20(18,19)11-3-1-2-9(15)12(11)16/h1-6,17H,16H2. The molecule has 0 fully saturated rings. The minimum atomic E-state index is -3.96. The van der Waals surface area contributed by atoms with Crippen LogP contribution in [0, 0.1) is 5.82 Å². The van der Waals surface area contributed by atoms with Gasteiger partial charge in [0, 0.05) is 8.95 Å². The summed E-state index contributed by atoms with van der Waals surface area (Å²) in [5, 5.41) is 0. The number of hydrogen-bond donors (Lipinski definition) is 2. The third kappa shape index (κ3) is 3.13. The molecule has 0 unspecified atom stereocenters. The Kier molecular flexibility index (Phi) is 4.36. The van der Waals surface area contributed by atoms with Crippen molar-refractivity contribution >= 4 is 53.3 Å². The number of anilines is 2. The number of sulfonamides is 1. The lowest BCUT2D eigenvalue weighted by molar-refractivity contribution is 0.597. The summed E-state index contributed by atoms with van der Waals surface area (Å²) in [6, 6.07) is 8.57. The summed E-state index contributed by atoms with van der Waals surface area (Å²) in [7, 11) is -3.96. The largest absolute Gasteiger partial charge is 0.395 e. The third-order valence-corrected chi connectivity index (χ3v) is 5.05. The number of nitrogen functional groups attached to an aromatic ring is 1. The average molecular weight is 424 g/mol. The smallest absolute Gasteiger partial charge is 0.264 e. The Bertz CT molecular complexity index is 766. The molecule has 0 aromatic heterocycles. The fourth-order valence-corrected chi connectivity index (χ4v) is 4.02. The Morgan fingerprint density at radius 3 is 2.50 bits per heavy atom. The lowest BCUT2D eigenvalue weighted by Crippen LogP contribution is -2.15. The molecule has 0 radical (unpaired) electrons. The van der Waals surface area contributed by atoms with Crippen LogP contribution in [0.5, 0.6) is 0 Å². The number of rotatable bonds is 3. The number of nitrogens with two attached hydrogens (primary N) is 1. The number of para-hydroxylation sites is 1. The van der Waals surface area contributed by atoms with Gasteiger partial charge in [0.05, 0.1) is 11.4 Å². The fourth-order valence-electron chi connectivity index (χ4n) is 1.52. The zero-order valence-corrected chi connectivity index (χ0v) is 13.9. The normalized spacial score (nSPS) is 11.3. The van der Waals surface area contributed by atoms with E-state index in [0.717, 1.165) is 10.5 Å². The molecule has 0 aliphatic carbocycles. The molecule has 0 atom stereocenters. The molecule has 0 saturated carbocycles. The van der Waals surface area contributed by atoms with Crippen molar-refractivity contribution in [2.24, 2.45) is 0 Å². The van der Waals surface area contributed by atoms with E-state index in [4.69, 9.17) is 5.73 Å². The molecular weight excluding hydrogens is 415 g/mol. The molecule has 3 N–H and O–H groups in total. The van der Waals surface area contributed by atoms with Gasteiger partial charge in [-0.25, -0.2) is 12.8 Å². The summed E-state index contributed by atoms with van der Waals surface area (Å²) in [5.74, 6) is -0.775. The Labute approximate surface area is 132 Å². The van der Waals surface area contributed by atoms with E-state index in [1.165, 1.54) is 12.1 Å². The summed E-state index contributed by atoms with van der Waals surface area (Å²) in [6.45, 7) is 0. The van der Waals surface area contributed by atoms with E-state index in [1.54, 1.807) is 18.2 Å². The van der Waals surface area contributed by atoms with Gasteiger partial charge >= 0.3 is 0 Å². The van der Waals surface area contributed by atoms with Crippen molar-refractivity contribution in [2.45, 2.75) is 4.90 Å². The molecule has 2 aromatic rings. The number of benzene rings is 2. The van der Waals surface area contributed by atoms with Crippen molar-refractivity contribution in [3.8, 4) is 0 Å². The Morgan fingerprint density at radius 2 is 1.85 bits per heavy atom.